The Balaban J connectivity index is 1.60. The molecule has 0 aliphatic carbocycles. The summed E-state index contributed by atoms with van der Waals surface area (Å²) in [6.45, 7) is 0.323. The number of carbonyl (C=O) groups excluding carboxylic acids is 2. The molecule has 3 aromatic heterocycles. The highest BCUT2D eigenvalue weighted by atomic mass is 19.4. The van der Waals surface area contributed by atoms with Gasteiger partial charge in [-0.1, -0.05) is 6.08 Å². The van der Waals surface area contributed by atoms with Crippen molar-refractivity contribution in [3.05, 3.63) is 58.7 Å². The molecule has 17 heteroatoms. The predicted molar refractivity (Wildman–Crippen MR) is 159 cm³/mol. The lowest BCUT2D eigenvalue weighted by atomic mass is 10.1. The molecule has 1 aliphatic heterocycles. The highest BCUT2D eigenvalue weighted by molar-refractivity contribution is 5.96. The van der Waals surface area contributed by atoms with Crippen LogP contribution in [0.2, 0.25) is 0 Å². The predicted octanol–water partition coefficient (Wildman–Crippen LogP) is 3.23. The van der Waals surface area contributed by atoms with Crippen LogP contribution in [0, 0.1) is 0 Å². The molecule has 14 nitrogen and oxygen atoms in total. The summed E-state index contributed by atoms with van der Waals surface area (Å²) >= 11 is 0. The molecule has 4 rings (SSSR count). The largest absolute Gasteiger partial charge is 0.465 e. The standard InChI is InChI=1S/C29H35F3N8O6/c1-38(2)22(41)10-4-3-8-19(36-28(44)45)26(42)35-20-9-7-14-39(27(20)43)16-21-37-24-18(12-13-29(30,31)32)33-17-34-25(24)40(21)23-11-5-6-15-46-23/h4,7,9-10,14,17,19,23,36H,3,5-6,8,11-13,15-16H2,1-2H3,(H,35,42)(H,44,45)/b10-4+. The zero-order chi connectivity index (χ0) is 33.4. The van der Waals surface area contributed by atoms with Gasteiger partial charge in [-0.25, -0.2) is 19.7 Å². The van der Waals surface area contributed by atoms with Crippen LogP contribution in [0.3, 0.4) is 0 Å². The summed E-state index contributed by atoms with van der Waals surface area (Å²) in [5.41, 5.74) is -0.185. The molecular weight excluding hydrogens is 613 g/mol. The number of halogens is 3. The number of aryl methyl sites for hydroxylation is 1. The summed E-state index contributed by atoms with van der Waals surface area (Å²) < 4.78 is 47.9. The fourth-order valence-electron chi connectivity index (χ4n) is 4.93. The van der Waals surface area contributed by atoms with Gasteiger partial charge in [0.1, 0.15) is 35.6 Å². The number of rotatable bonds is 12. The Bertz CT molecular complexity index is 1650. The molecule has 3 amide bonds. The third kappa shape index (κ3) is 8.89. The number of hydrogen-bond donors (Lipinski definition) is 3. The summed E-state index contributed by atoms with van der Waals surface area (Å²) in [5, 5.41) is 13.8. The molecule has 4 heterocycles. The highest BCUT2D eigenvalue weighted by Crippen LogP contribution is 2.30. The molecular formula is C29H35F3N8O6. The first kappa shape index (κ1) is 34.1. The van der Waals surface area contributed by atoms with Gasteiger partial charge in [0.05, 0.1) is 12.2 Å². The van der Waals surface area contributed by atoms with E-state index in [1.165, 1.54) is 46.3 Å². The van der Waals surface area contributed by atoms with E-state index in [2.05, 4.69) is 25.6 Å². The first-order valence-corrected chi connectivity index (χ1v) is 14.6. The maximum Gasteiger partial charge on any atom is 0.405 e. The summed E-state index contributed by atoms with van der Waals surface area (Å²) in [6.07, 6.45) is 0.105. The van der Waals surface area contributed by atoms with Crippen molar-refractivity contribution in [2.45, 2.75) is 69.9 Å². The quantitative estimate of drug-likeness (QED) is 0.249. The fourth-order valence-corrected chi connectivity index (χ4v) is 4.93. The van der Waals surface area contributed by atoms with Gasteiger partial charge in [0.2, 0.25) is 11.8 Å². The van der Waals surface area contributed by atoms with Crippen molar-refractivity contribution in [1.29, 1.82) is 0 Å². The average Bonchev–Trinajstić information content (AvgIpc) is 3.37. The van der Waals surface area contributed by atoms with Gasteiger partial charge in [-0.05, 0) is 50.3 Å². The highest BCUT2D eigenvalue weighted by Gasteiger charge is 2.29. The zero-order valence-corrected chi connectivity index (χ0v) is 25.3. The van der Waals surface area contributed by atoms with Crippen molar-refractivity contribution in [3.8, 4) is 0 Å². The van der Waals surface area contributed by atoms with Crippen molar-refractivity contribution in [2.75, 3.05) is 26.0 Å². The third-order valence-corrected chi connectivity index (χ3v) is 7.24. The molecule has 0 spiro atoms. The van der Waals surface area contributed by atoms with Crippen LogP contribution in [0.25, 0.3) is 11.2 Å². The number of pyridine rings is 1. The minimum Gasteiger partial charge on any atom is -0.465 e. The maximum absolute atomic E-state index is 13.5. The molecule has 2 unspecified atom stereocenters. The molecule has 46 heavy (non-hydrogen) atoms. The van der Waals surface area contributed by atoms with Gasteiger partial charge in [0, 0.05) is 39.7 Å². The molecule has 3 aromatic rings. The topological polar surface area (TPSA) is 174 Å². The molecule has 1 fully saturated rings. The number of alkyl halides is 3. The van der Waals surface area contributed by atoms with Crippen molar-refractivity contribution < 1.29 is 37.4 Å². The van der Waals surface area contributed by atoms with E-state index in [0.29, 0.717) is 18.9 Å². The lowest BCUT2D eigenvalue weighted by molar-refractivity contribution is -0.134. The molecule has 0 aromatic carbocycles. The Morgan fingerprint density at radius 3 is 2.70 bits per heavy atom. The van der Waals surface area contributed by atoms with Crippen LogP contribution in [-0.4, -0.2) is 84.9 Å². The number of nitrogens with one attached hydrogen (secondary N) is 2. The number of nitrogens with zero attached hydrogens (tertiary/aromatic N) is 6. The van der Waals surface area contributed by atoms with E-state index < -0.39 is 48.8 Å². The first-order chi connectivity index (χ1) is 21.8. The van der Waals surface area contributed by atoms with Gasteiger partial charge < -0.3 is 29.9 Å². The Hall–Kier alpha value is -4.80. The number of amides is 3. The van der Waals surface area contributed by atoms with E-state index in [9.17, 15) is 37.5 Å². The van der Waals surface area contributed by atoms with E-state index in [0.717, 1.165) is 12.8 Å². The smallest absolute Gasteiger partial charge is 0.405 e. The second-order valence-electron chi connectivity index (χ2n) is 10.9. The van der Waals surface area contributed by atoms with Crippen LogP contribution in [-0.2, 0) is 27.3 Å². The fraction of sp³-hybridized carbons (Fsp3) is 0.483. The van der Waals surface area contributed by atoms with E-state index in [-0.39, 0.29) is 47.8 Å². The summed E-state index contributed by atoms with van der Waals surface area (Å²) in [6, 6.07) is 1.63. The van der Waals surface area contributed by atoms with Gasteiger partial charge in [-0.2, -0.15) is 13.2 Å². The number of carboxylic acid groups (broad SMARTS) is 1. The number of fused-ring (bicyclic) bond motifs is 1. The molecule has 1 aliphatic rings. The number of hydrogen-bond acceptors (Lipinski definition) is 8. The number of anilines is 1. The number of aromatic nitrogens is 5. The first-order valence-electron chi connectivity index (χ1n) is 14.6. The number of ether oxygens (including phenoxy) is 1. The Labute approximate surface area is 261 Å². The van der Waals surface area contributed by atoms with Crippen LogP contribution < -0.4 is 16.2 Å². The molecule has 2 atom stereocenters. The lowest BCUT2D eigenvalue weighted by Gasteiger charge is -2.25. The van der Waals surface area contributed by atoms with Gasteiger partial charge in [-0.15, -0.1) is 0 Å². The SMILES string of the molecule is CN(C)C(=O)/C=C/CCC(NC(=O)O)C(=O)Nc1cccn(Cc2nc3c(CCC(F)(F)F)ncnc3n2C2CCCCO2)c1=O. The van der Waals surface area contributed by atoms with Crippen LogP contribution in [0.4, 0.5) is 23.7 Å². The summed E-state index contributed by atoms with van der Waals surface area (Å²) in [4.78, 5) is 63.9. The van der Waals surface area contributed by atoms with E-state index in [4.69, 9.17) is 4.74 Å². The Morgan fingerprint density at radius 1 is 1.24 bits per heavy atom. The second-order valence-corrected chi connectivity index (χ2v) is 10.9. The molecule has 0 saturated carbocycles. The van der Waals surface area contributed by atoms with Gasteiger partial charge in [-0.3, -0.25) is 19.0 Å². The molecule has 0 bridgehead atoms. The molecule has 1 saturated heterocycles. The third-order valence-electron chi connectivity index (χ3n) is 7.24. The van der Waals surface area contributed by atoms with Crippen molar-refractivity contribution >= 4 is 34.8 Å². The van der Waals surface area contributed by atoms with E-state index in [1.807, 2.05) is 0 Å². The van der Waals surface area contributed by atoms with Crippen LogP contribution in [0.15, 0.2) is 41.6 Å². The van der Waals surface area contributed by atoms with Crippen molar-refractivity contribution in [3.63, 3.8) is 0 Å². The number of imidazole rings is 1. The Kier molecular flexibility index (Phi) is 11.1. The summed E-state index contributed by atoms with van der Waals surface area (Å²) in [5.74, 6) is -0.757. The molecule has 0 radical (unpaired) electrons. The minimum absolute atomic E-state index is 0.0134. The zero-order valence-electron chi connectivity index (χ0n) is 25.3. The monoisotopic (exact) mass is 648 g/mol. The van der Waals surface area contributed by atoms with Gasteiger partial charge in [0.15, 0.2) is 5.65 Å². The number of allylic oxidation sites excluding steroid dienone is 1. The normalized spacial score (nSPS) is 16.0. The average molecular weight is 649 g/mol. The lowest BCUT2D eigenvalue weighted by Crippen LogP contribution is -2.44. The van der Waals surface area contributed by atoms with E-state index >= 15 is 0 Å². The Morgan fingerprint density at radius 2 is 2.02 bits per heavy atom. The van der Waals surface area contributed by atoms with Crippen molar-refractivity contribution in [2.24, 2.45) is 0 Å². The van der Waals surface area contributed by atoms with Crippen LogP contribution in [0.1, 0.15) is 56.3 Å². The maximum atomic E-state index is 13.5. The van der Waals surface area contributed by atoms with Crippen molar-refractivity contribution in [1.82, 2.24) is 34.3 Å². The minimum atomic E-state index is -4.39. The van der Waals surface area contributed by atoms with E-state index in [1.54, 1.807) is 18.7 Å². The van der Waals surface area contributed by atoms with Crippen LogP contribution >= 0.6 is 0 Å². The molecule has 3 N–H and O–H groups in total. The number of carbonyl (C=O) groups is 3. The second kappa shape index (κ2) is 15.0. The van der Waals surface area contributed by atoms with Gasteiger partial charge in [0.25, 0.3) is 5.56 Å². The van der Waals surface area contributed by atoms with Crippen LogP contribution in [0.5, 0.6) is 0 Å². The van der Waals surface area contributed by atoms with Gasteiger partial charge >= 0.3 is 12.3 Å². The molecule has 248 valence electrons. The summed E-state index contributed by atoms with van der Waals surface area (Å²) in [7, 11) is 3.15. The number of likely N-dealkylation sites (N-methyl/N-ethyl adjacent to an activating group) is 1.